The number of aliphatic hydroxyl groups excluding tert-OH is 1. The van der Waals surface area contributed by atoms with Gasteiger partial charge in [0.15, 0.2) is 0 Å². The molecule has 5 N–H and O–H groups in total. The van der Waals surface area contributed by atoms with E-state index in [2.05, 4.69) is 26.2 Å². The number of amides is 5. The summed E-state index contributed by atoms with van der Waals surface area (Å²) in [5, 5.41) is 21.3. The molecule has 5 amide bonds. The van der Waals surface area contributed by atoms with Gasteiger partial charge in [-0.05, 0) is 57.2 Å². The zero-order chi connectivity index (χ0) is 31.8. The van der Waals surface area contributed by atoms with Gasteiger partial charge in [0.2, 0.25) is 29.5 Å². The molecule has 44 heavy (non-hydrogen) atoms. The first-order valence-corrected chi connectivity index (χ1v) is 16.0. The minimum Gasteiger partial charge on any atom is -0.391 e. The van der Waals surface area contributed by atoms with Gasteiger partial charge in [-0.2, -0.15) is 0 Å². The number of nitrogens with zero attached hydrogens (tertiary/aromatic N) is 2. The lowest BCUT2D eigenvalue weighted by atomic mass is 9.82. The summed E-state index contributed by atoms with van der Waals surface area (Å²) < 4.78 is 0. The molecular formula is C32H48N6O6. The van der Waals surface area contributed by atoms with Gasteiger partial charge in [0.1, 0.15) is 18.1 Å². The molecule has 3 aliphatic rings. The lowest BCUT2D eigenvalue weighted by Crippen LogP contribution is -2.60. The van der Waals surface area contributed by atoms with Gasteiger partial charge in [0, 0.05) is 25.6 Å². The Kier molecular flexibility index (Phi) is 11.7. The Labute approximate surface area is 259 Å². The third-order valence-corrected chi connectivity index (χ3v) is 8.98. The Morgan fingerprint density at radius 3 is 2.30 bits per heavy atom. The van der Waals surface area contributed by atoms with E-state index in [1.807, 2.05) is 30.3 Å². The standard InChI is InChI=1S/C32H48N6O6/c1-20(2)27-31(43)34-24(18-22-10-5-4-6-11-22)29(41)36-28(21(3)39)30(42)33-14-17-38(19-26(40)35-27)32(44)23-12-9-16-37-15-8-7-13-25(23)37/h4-6,10-11,20-21,23-25,27-28,39H,7-9,12-19H2,1-3H3,(H,33,42)(H,34,43)(H,35,40)(H,36,41)/t21-,23-,24+,25-,27-,28+/m1/s1. The predicted molar refractivity (Wildman–Crippen MR) is 164 cm³/mol. The molecule has 0 unspecified atom stereocenters. The number of benzene rings is 1. The number of carbonyl (C=O) groups excluding carboxylic acids is 5. The molecule has 0 saturated carbocycles. The second-order valence-electron chi connectivity index (χ2n) is 12.7. The predicted octanol–water partition coefficient (Wildman–Crippen LogP) is -0.0568. The molecule has 1 aromatic rings. The van der Waals surface area contributed by atoms with Crippen LogP contribution < -0.4 is 21.3 Å². The fourth-order valence-electron chi connectivity index (χ4n) is 6.58. The van der Waals surface area contributed by atoms with Crippen LogP contribution in [0.3, 0.4) is 0 Å². The van der Waals surface area contributed by atoms with Crippen molar-refractivity contribution in [2.75, 3.05) is 32.7 Å². The van der Waals surface area contributed by atoms with Crippen LogP contribution in [0, 0.1) is 11.8 Å². The first kappa shape index (κ1) is 33.4. The first-order chi connectivity index (χ1) is 21.0. The minimum atomic E-state index is -1.29. The van der Waals surface area contributed by atoms with E-state index < -0.39 is 47.9 Å². The molecule has 12 nitrogen and oxygen atoms in total. The van der Waals surface area contributed by atoms with E-state index in [0.717, 1.165) is 50.8 Å². The van der Waals surface area contributed by atoms with Gasteiger partial charge in [-0.1, -0.05) is 50.6 Å². The number of piperidine rings is 2. The van der Waals surface area contributed by atoms with Crippen molar-refractivity contribution < 1.29 is 29.1 Å². The minimum absolute atomic E-state index is 0.0241. The molecule has 3 saturated heterocycles. The number of carbonyl (C=O) groups is 5. The van der Waals surface area contributed by atoms with Crippen molar-refractivity contribution in [3.05, 3.63) is 35.9 Å². The molecule has 0 spiro atoms. The molecule has 6 atom stereocenters. The zero-order valence-electron chi connectivity index (χ0n) is 26.1. The van der Waals surface area contributed by atoms with Gasteiger partial charge in [0.05, 0.1) is 18.6 Å². The summed E-state index contributed by atoms with van der Waals surface area (Å²) in [6.45, 7) is 6.74. The maximum Gasteiger partial charge on any atom is 0.245 e. The maximum atomic E-state index is 14.0. The monoisotopic (exact) mass is 612 g/mol. The summed E-state index contributed by atoms with van der Waals surface area (Å²) in [7, 11) is 0. The molecule has 3 aliphatic heterocycles. The van der Waals surface area contributed by atoms with Crippen LogP contribution in [0.25, 0.3) is 0 Å². The van der Waals surface area contributed by atoms with Crippen molar-refractivity contribution in [1.82, 2.24) is 31.1 Å². The fraction of sp³-hybridized carbons (Fsp3) is 0.656. The normalized spacial score (nSPS) is 28.8. The van der Waals surface area contributed by atoms with Crippen molar-refractivity contribution in [2.24, 2.45) is 11.8 Å². The molecule has 12 heteroatoms. The largest absolute Gasteiger partial charge is 0.391 e. The lowest BCUT2D eigenvalue weighted by Gasteiger charge is -2.44. The van der Waals surface area contributed by atoms with Crippen LogP contribution in [0.1, 0.15) is 58.4 Å². The van der Waals surface area contributed by atoms with E-state index in [1.54, 1.807) is 13.8 Å². The number of hydrogen-bond donors (Lipinski definition) is 5. The van der Waals surface area contributed by atoms with Gasteiger partial charge in [-0.3, -0.25) is 28.9 Å². The SMILES string of the molecule is CC(C)[C@H]1NC(=O)CN(C(=O)[C@@H]2CCCN3CCCC[C@H]23)CCNC(=O)[C@H]([C@@H](C)O)NC(=O)[C@H](Cc2ccccc2)NC1=O. The van der Waals surface area contributed by atoms with Gasteiger partial charge in [-0.25, -0.2) is 0 Å². The summed E-state index contributed by atoms with van der Waals surface area (Å²) in [4.78, 5) is 71.5. The highest BCUT2D eigenvalue weighted by atomic mass is 16.3. The quantitative estimate of drug-likeness (QED) is 0.312. The van der Waals surface area contributed by atoms with E-state index in [4.69, 9.17) is 0 Å². The van der Waals surface area contributed by atoms with E-state index in [1.165, 1.54) is 11.8 Å². The van der Waals surface area contributed by atoms with Crippen LogP contribution in [-0.2, 0) is 30.4 Å². The summed E-state index contributed by atoms with van der Waals surface area (Å²) >= 11 is 0. The van der Waals surface area contributed by atoms with Gasteiger partial charge in [0.25, 0.3) is 0 Å². The Morgan fingerprint density at radius 2 is 1.59 bits per heavy atom. The topological polar surface area (TPSA) is 160 Å². The Bertz CT molecular complexity index is 1180. The highest BCUT2D eigenvalue weighted by Gasteiger charge is 2.40. The van der Waals surface area contributed by atoms with Crippen molar-refractivity contribution in [3.63, 3.8) is 0 Å². The molecule has 0 aliphatic carbocycles. The Balaban J connectivity index is 1.60. The average Bonchev–Trinajstić information content (AvgIpc) is 3.00. The molecule has 242 valence electrons. The summed E-state index contributed by atoms with van der Waals surface area (Å²) in [5.41, 5.74) is 0.780. The molecule has 3 heterocycles. The highest BCUT2D eigenvalue weighted by molar-refractivity contribution is 5.95. The summed E-state index contributed by atoms with van der Waals surface area (Å²) in [6, 6.07) is 5.90. The molecule has 3 fully saturated rings. The maximum absolute atomic E-state index is 14.0. The summed E-state index contributed by atoms with van der Waals surface area (Å²) in [6.07, 6.45) is 3.65. The fourth-order valence-corrected chi connectivity index (χ4v) is 6.58. The third-order valence-electron chi connectivity index (χ3n) is 8.98. The van der Waals surface area contributed by atoms with Crippen molar-refractivity contribution in [3.8, 4) is 0 Å². The number of hydrogen-bond acceptors (Lipinski definition) is 7. The first-order valence-electron chi connectivity index (χ1n) is 16.0. The second-order valence-corrected chi connectivity index (χ2v) is 12.7. The van der Waals surface area contributed by atoms with Crippen LogP contribution in [0.2, 0.25) is 0 Å². The molecule has 0 bridgehead atoms. The van der Waals surface area contributed by atoms with E-state index in [9.17, 15) is 29.1 Å². The molecule has 1 aromatic carbocycles. The number of fused-ring (bicyclic) bond motifs is 1. The van der Waals surface area contributed by atoms with Crippen molar-refractivity contribution in [2.45, 2.75) is 89.6 Å². The van der Waals surface area contributed by atoms with E-state index >= 15 is 0 Å². The molecule has 0 aromatic heterocycles. The lowest BCUT2D eigenvalue weighted by molar-refractivity contribution is -0.144. The van der Waals surface area contributed by atoms with Gasteiger partial charge in [-0.15, -0.1) is 0 Å². The van der Waals surface area contributed by atoms with Crippen molar-refractivity contribution >= 4 is 29.5 Å². The average molecular weight is 613 g/mol. The smallest absolute Gasteiger partial charge is 0.245 e. The van der Waals surface area contributed by atoms with Crippen LogP contribution in [0.4, 0.5) is 0 Å². The Hall–Kier alpha value is -3.51. The summed E-state index contributed by atoms with van der Waals surface area (Å²) in [5.74, 6) is -3.01. The third kappa shape index (κ3) is 8.56. The van der Waals surface area contributed by atoms with Crippen LogP contribution >= 0.6 is 0 Å². The molecule has 4 rings (SSSR count). The Morgan fingerprint density at radius 1 is 0.864 bits per heavy atom. The van der Waals surface area contributed by atoms with Gasteiger partial charge < -0.3 is 31.3 Å². The van der Waals surface area contributed by atoms with E-state index in [-0.39, 0.29) is 49.8 Å². The highest BCUT2D eigenvalue weighted by Crippen LogP contribution is 2.32. The van der Waals surface area contributed by atoms with Crippen molar-refractivity contribution in [1.29, 1.82) is 0 Å². The number of aliphatic hydroxyl groups is 1. The van der Waals surface area contributed by atoms with Crippen LogP contribution in [0.15, 0.2) is 30.3 Å². The second kappa shape index (κ2) is 15.5. The van der Waals surface area contributed by atoms with Crippen LogP contribution in [-0.4, -0.2) is 107 Å². The molecular weight excluding hydrogens is 564 g/mol. The molecule has 0 radical (unpaired) electrons. The number of rotatable bonds is 5. The zero-order valence-corrected chi connectivity index (χ0v) is 26.1. The van der Waals surface area contributed by atoms with Gasteiger partial charge >= 0.3 is 0 Å². The number of nitrogens with one attached hydrogen (secondary N) is 4. The van der Waals surface area contributed by atoms with Crippen LogP contribution in [0.5, 0.6) is 0 Å². The van der Waals surface area contributed by atoms with E-state index in [0.29, 0.717) is 0 Å².